The molecular formula is C13H24N4O. The quantitative estimate of drug-likeness (QED) is 0.667. The number of methoxy groups -OCH3 is 1. The summed E-state index contributed by atoms with van der Waals surface area (Å²) in [6.45, 7) is 5.64. The average Bonchev–Trinajstić information content (AvgIpc) is 2.39. The summed E-state index contributed by atoms with van der Waals surface area (Å²) in [4.78, 5) is 10.7. The fourth-order valence-electron chi connectivity index (χ4n) is 1.65. The van der Waals surface area contributed by atoms with Crippen LogP contribution in [0.4, 0.5) is 5.82 Å². The number of hydrogen-bond acceptors (Lipinski definition) is 5. The SMILES string of the molecule is CCCc1cc(N(C)CCNCCOC)ncn1. The number of ether oxygens (including phenoxy) is 1. The van der Waals surface area contributed by atoms with E-state index in [1.807, 2.05) is 0 Å². The second-order valence-electron chi connectivity index (χ2n) is 4.28. The van der Waals surface area contributed by atoms with Crippen LogP contribution < -0.4 is 10.2 Å². The maximum absolute atomic E-state index is 4.98. The van der Waals surface area contributed by atoms with E-state index >= 15 is 0 Å². The molecule has 0 aliphatic carbocycles. The third kappa shape index (κ3) is 5.42. The molecule has 0 atom stereocenters. The van der Waals surface area contributed by atoms with Crippen LogP contribution in [-0.2, 0) is 11.2 Å². The van der Waals surface area contributed by atoms with Crippen LogP contribution in [0.15, 0.2) is 12.4 Å². The molecule has 0 spiro atoms. The van der Waals surface area contributed by atoms with Crippen molar-refractivity contribution >= 4 is 5.82 Å². The highest BCUT2D eigenvalue weighted by Crippen LogP contribution is 2.09. The Morgan fingerprint density at radius 3 is 2.89 bits per heavy atom. The summed E-state index contributed by atoms with van der Waals surface area (Å²) >= 11 is 0. The van der Waals surface area contributed by atoms with E-state index in [9.17, 15) is 0 Å². The van der Waals surface area contributed by atoms with Crippen molar-refractivity contribution in [2.45, 2.75) is 19.8 Å². The Hall–Kier alpha value is -1.20. The van der Waals surface area contributed by atoms with Crippen LogP contribution in [0.25, 0.3) is 0 Å². The van der Waals surface area contributed by atoms with E-state index in [2.05, 4.69) is 40.2 Å². The molecule has 5 nitrogen and oxygen atoms in total. The second-order valence-corrected chi connectivity index (χ2v) is 4.28. The van der Waals surface area contributed by atoms with Crippen molar-refractivity contribution in [2.75, 3.05) is 45.3 Å². The van der Waals surface area contributed by atoms with E-state index in [1.54, 1.807) is 13.4 Å². The summed E-state index contributed by atoms with van der Waals surface area (Å²) in [5, 5.41) is 3.32. The molecule has 0 saturated heterocycles. The molecular weight excluding hydrogens is 228 g/mol. The molecule has 1 heterocycles. The molecule has 0 aromatic carbocycles. The third-order valence-electron chi connectivity index (χ3n) is 2.71. The van der Waals surface area contributed by atoms with E-state index in [-0.39, 0.29) is 0 Å². The minimum Gasteiger partial charge on any atom is -0.383 e. The van der Waals surface area contributed by atoms with Gasteiger partial charge in [0.25, 0.3) is 0 Å². The molecule has 0 amide bonds. The van der Waals surface area contributed by atoms with Crippen molar-refractivity contribution in [1.29, 1.82) is 0 Å². The predicted molar refractivity (Wildman–Crippen MR) is 74.0 cm³/mol. The van der Waals surface area contributed by atoms with Crippen LogP contribution in [-0.4, -0.2) is 50.4 Å². The first kappa shape index (κ1) is 14.9. The molecule has 1 N–H and O–H groups in total. The lowest BCUT2D eigenvalue weighted by molar-refractivity contribution is 0.200. The number of aryl methyl sites for hydroxylation is 1. The number of anilines is 1. The molecule has 0 unspecified atom stereocenters. The standard InChI is InChI=1S/C13H24N4O/c1-4-5-12-10-13(16-11-15-12)17(2)8-6-14-7-9-18-3/h10-11,14H,4-9H2,1-3H3. The lowest BCUT2D eigenvalue weighted by Crippen LogP contribution is -2.31. The smallest absolute Gasteiger partial charge is 0.131 e. The molecule has 0 aliphatic rings. The summed E-state index contributed by atoms with van der Waals surface area (Å²) < 4.78 is 4.98. The van der Waals surface area contributed by atoms with E-state index in [0.29, 0.717) is 0 Å². The minimum atomic E-state index is 0.748. The van der Waals surface area contributed by atoms with Gasteiger partial charge in [-0.2, -0.15) is 0 Å². The summed E-state index contributed by atoms with van der Waals surface area (Å²) in [5.74, 6) is 0.988. The van der Waals surface area contributed by atoms with Crippen LogP contribution >= 0.6 is 0 Å². The van der Waals surface area contributed by atoms with Crippen LogP contribution in [0.2, 0.25) is 0 Å². The topological polar surface area (TPSA) is 50.3 Å². The Balaban J connectivity index is 2.36. The highest BCUT2D eigenvalue weighted by Gasteiger charge is 2.03. The zero-order valence-corrected chi connectivity index (χ0v) is 11.6. The van der Waals surface area contributed by atoms with E-state index in [4.69, 9.17) is 4.74 Å². The summed E-state index contributed by atoms with van der Waals surface area (Å²) in [7, 11) is 3.76. The summed E-state index contributed by atoms with van der Waals surface area (Å²) in [6, 6.07) is 2.07. The second kappa shape index (κ2) is 8.83. The molecule has 18 heavy (non-hydrogen) atoms. The van der Waals surface area contributed by atoms with Gasteiger partial charge in [0.1, 0.15) is 12.1 Å². The lowest BCUT2D eigenvalue weighted by Gasteiger charge is -2.18. The normalized spacial score (nSPS) is 10.6. The Morgan fingerprint density at radius 2 is 2.17 bits per heavy atom. The number of nitrogens with zero attached hydrogens (tertiary/aromatic N) is 3. The van der Waals surface area contributed by atoms with Gasteiger partial charge in [-0.05, 0) is 6.42 Å². The van der Waals surface area contributed by atoms with Crippen molar-refractivity contribution in [3.05, 3.63) is 18.1 Å². The van der Waals surface area contributed by atoms with Crippen LogP contribution in [0.3, 0.4) is 0 Å². The highest BCUT2D eigenvalue weighted by atomic mass is 16.5. The average molecular weight is 252 g/mol. The number of aromatic nitrogens is 2. The monoisotopic (exact) mass is 252 g/mol. The Kier molecular flexibility index (Phi) is 7.29. The molecule has 0 fully saturated rings. The van der Waals surface area contributed by atoms with Crippen molar-refractivity contribution in [2.24, 2.45) is 0 Å². The molecule has 1 aromatic rings. The van der Waals surface area contributed by atoms with E-state index in [0.717, 1.165) is 50.6 Å². The fraction of sp³-hybridized carbons (Fsp3) is 0.692. The molecule has 102 valence electrons. The Labute approximate surface area is 110 Å². The van der Waals surface area contributed by atoms with Gasteiger partial charge in [-0.15, -0.1) is 0 Å². The van der Waals surface area contributed by atoms with Crippen molar-refractivity contribution in [1.82, 2.24) is 15.3 Å². The lowest BCUT2D eigenvalue weighted by atomic mass is 10.2. The van der Waals surface area contributed by atoms with Gasteiger partial charge in [-0.1, -0.05) is 13.3 Å². The van der Waals surface area contributed by atoms with Gasteiger partial charge in [0.15, 0.2) is 0 Å². The molecule has 0 radical (unpaired) electrons. The summed E-state index contributed by atoms with van der Waals surface area (Å²) in [6.07, 6.45) is 3.77. The first-order chi connectivity index (χ1) is 8.77. The van der Waals surface area contributed by atoms with Gasteiger partial charge >= 0.3 is 0 Å². The molecule has 1 aromatic heterocycles. The predicted octanol–water partition coefficient (Wildman–Crippen LogP) is 1.10. The third-order valence-corrected chi connectivity index (χ3v) is 2.71. The van der Waals surface area contributed by atoms with Gasteiger partial charge in [0.05, 0.1) is 6.61 Å². The van der Waals surface area contributed by atoms with E-state index < -0.39 is 0 Å². The number of hydrogen-bond donors (Lipinski definition) is 1. The van der Waals surface area contributed by atoms with Crippen molar-refractivity contribution in [3.63, 3.8) is 0 Å². The molecule has 0 aliphatic heterocycles. The van der Waals surface area contributed by atoms with Gasteiger partial charge in [-0.25, -0.2) is 9.97 Å². The summed E-state index contributed by atoms with van der Waals surface area (Å²) in [5.41, 5.74) is 1.11. The maximum Gasteiger partial charge on any atom is 0.131 e. The van der Waals surface area contributed by atoms with Gasteiger partial charge < -0.3 is 15.0 Å². The first-order valence-electron chi connectivity index (χ1n) is 6.49. The van der Waals surface area contributed by atoms with Gasteiger partial charge in [0, 0.05) is 45.6 Å². The number of rotatable bonds is 9. The fourth-order valence-corrected chi connectivity index (χ4v) is 1.65. The molecule has 5 heteroatoms. The van der Waals surface area contributed by atoms with Gasteiger partial charge in [-0.3, -0.25) is 0 Å². The van der Waals surface area contributed by atoms with Crippen molar-refractivity contribution in [3.8, 4) is 0 Å². The zero-order chi connectivity index (χ0) is 13.2. The largest absolute Gasteiger partial charge is 0.383 e. The molecule has 0 saturated carbocycles. The van der Waals surface area contributed by atoms with Crippen LogP contribution in [0, 0.1) is 0 Å². The number of nitrogens with one attached hydrogen (secondary N) is 1. The maximum atomic E-state index is 4.98. The van der Waals surface area contributed by atoms with E-state index in [1.165, 1.54) is 0 Å². The van der Waals surface area contributed by atoms with Crippen LogP contribution in [0.1, 0.15) is 19.0 Å². The van der Waals surface area contributed by atoms with Crippen molar-refractivity contribution < 1.29 is 4.74 Å². The van der Waals surface area contributed by atoms with Gasteiger partial charge in [0.2, 0.25) is 0 Å². The molecule has 0 bridgehead atoms. The Morgan fingerprint density at radius 1 is 1.33 bits per heavy atom. The number of likely N-dealkylation sites (N-methyl/N-ethyl adjacent to an activating group) is 1. The zero-order valence-electron chi connectivity index (χ0n) is 11.6. The first-order valence-corrected chi connectivity index (χ1v) is 6.49. The molecule has 1 rings (SSSR count). The Bertz CT molecular complexity index is 333. The minimum absolute atomic E-state index is 0.748. The highest BCUT2D eigenvalue weighted by molar-refractivity contribution is 5.37. The van der Waals surface area contributed by atoms with Crippen LogP contribution in [0.5, 0.6) is 0 Å².